The molecule has 1 saturated heterocycles. The van der Waals surface area contributed by atoms with Crippen LogP contribution in [0.25, 0.3) is 0 Å². The molecule has 0 bridgehead atoms. The molecule has 28 heavy (non-hydrogen) atoms. The van der Waals surface area contributed by atoms with Crippen molar-refractivity contribution in [1.29, 1.82) is 0 Å². The number of benzene rings is 1. The SMILES string of the molecule is CN(C)c1cncc([C@@H]2CCCN2Cc2cccc(Oc3ncccn3)c2)n1. The van der Waals surface area contributed by atoms with Crippen LogP contribution in [-0.4, -0.2) is 45.5 Å². The lowest BCUT2D eigenvalue weighted by molar-refractivity contribution is 0.244. The third kappa shape index (κ3) is 4.26. The van der Waals surface area contributed by atoms with Gasteiger partial charge in [-0.15, -0.1) is 0 Å². The molecule has 0 amide bonds. The van der Waals surface area contributed by atoms with Crippen LogP contribution < -0.4 is 9.64 Å². The van der Waals surface area contributed by atoms with Crippen LogP contribution in [0.4, 0.5) is 5.82 Å². The maximum Gasteiger partial charge on any atom is 0.321 e. The second-order valence-corrected chi connectivity index (χ2v) is 7.11. The Bertz CT molecular complexity index is 918. The molecule has 4 rings (SSSR count). The third-order valence-corrected chi connectivity index (χ3v) is 4.84. The number of likely N-dealkylation sites (tertiary alicyclic amines) is 1. The minimum absolute atomic E-state index is 0.287. The first-order chi connectivity index (χ1) is 13.7. The normalized spacial score (nSPS) is 16.9. The van der Waals surface area contributed by atoms with Crippen LogP contribution in [0.15, 0.2) is 55.1 Å². The number of hydrogen-bond donors (Lipinski definition) is 0. The summed E-state index contributed by atoms with van der Waals surface area (Å²) in [4.78, 5) is 21.9. The molecule has 1 fully saturated rings. The minimum atomic E-state index is 0.287. The zero-order valence-electron chi connectivity index (χ0n) is 16.2. The van der Waals surface area contributed by atoms with Gasteiger partial charge >= 0.3 is 6.01 Å². The van der Waals surface area contributed by atoms with Crippen molar-refractivity contribution in [2.24, 2.45) is 0 Å². The average molecular weight is 376 g/mol. The summed E-state index contributed by atoms with van der Waals surface area (Å²) in [6, 6.07) is 10.5. The number of rotatable bonds is 6. The van der Waals surface area contributed by atoms with Gasteiger partial charge in [0, 0.05) is 33.0 Å². The molecule has 3 aromatic rings. The van der Waals surface area contributed by atoms with Crippen LogP contribution in [-0.2, 0) is 6.54 Å². The summed E-state index contributed by atoms with van der Waals surface area (Å²) in [5, 5.41) is 0. The van der Waals surface area contributed by atoms with Crippen molar-refractivity contribution in [2.45, 2.75) is 25.4 Å². The Morgan fingerprint density at radius 1 is 1.14 bits per heavy atom. The van der Waals surface area contributed by atoms with Crippen LogP contribution in [0.1, 0.15) is 30.1 Å². The van der Waals surface area contributed by atoms with Crippen LogP contribution in [0.3, 0.4) is 0 Å². The highest BCUT2D eigenvalue weighted by atomic mass is 16.5. The fourth-order valence-electron chi connectivity index (χ4n) is 3.48. The zero-order chi connectivity index (χ0) is 19.3. The molecule has 0 N–H and O–H groups in total. The second kappa shape index (κ2) is 8.31. The average Bonchev–Trinajstić information content (AvgIpc) is 3.17. The molecule has 0 saturated carbocycles. The lowest BCUT2D eigenvalue weighted by Crippen LogP contribution is -2.24. The number of nitrogens with zero attached hydrogens (tertiary/aromatic N) is 6. The van der Waals surface area contributed by atoms with E-state index in [4.69, 9.17) is 9.72 Å². The van der Waals surface area contributed by atoms with Crippen LogP contribution in [0.5, 0.6) is 11.8 Å². The van der Waals surface area contributed by atoms with Crippen LogP contribution in [0.2, 0.25) is 0 Å². The number of ether oxygens (including phenoxy) is 1. The molecule has 3 heterocycles. The summed E-state index contributed by atoms with van der Waals surface area (Å²) in [5.41, 5.74) is 2.23. The summed E-state index contributed by atoms with van der Waals surface area (Å²) in [6.45, 7) is 1.89. The van der Waals surface area contributed by atoms with Crippen molar-refractivity contribution in [3.05, 3.63) is 66.4 Å². The summed E-state index contributed by atoms with van der Waals surface area (Å²) >= 11 is 0. The molecule has 1 atom stereocenters. The van der Waals surface area contributed by atoms with Gasteiger partial charge in [-0.05, 0) is 43.1 Å². The van der Waals surface area contributed by atoms with E-state index in [1.165, 1.54) is 5.56 Å². The quantitative estimate of drug-likeness (QED) is 0.652. The molecule has 0 spiro atoms. The summed E-state index contributed by atoms with van der Waals surface area (Å²) in [6.07, 6.45) is 9.29. The van der Waals surface area contributed by atoms with Crippen molar-refractivity contribution < 1.29 is 4.74 Å². The van der Waals surface area contributed by atoms with Crippen molar-refractivity contribution in [1.82, 2.24) is 24.8 Å². The molecule has 7 nitrogen and oxygen atoms in total. The number of hydrogen-bond acceptors (Lipinski definition) is 7. The van der Waals surface area contributed by atoms with E-state index < -0.39 is 0 Å². The molecule has 0 unspecified atom stereocenters. The monoisotopic (exact) mass is 376 g/mol. The van der Waals surface area contributed by atoms with Gasteiger partial charge in [0.05, 0.1) is 24.1 Å². The molecule has 1 aliphatic rings. The minimum Gasteiger partial charge on any atom is -0.424 e. The van der Waals surface area contributed by atoms with Crippen molar-refractivity contribution in [2.75, 3.05) is 25.5 Å². The lowest BCUT2D eigenvalue weighted by Gasteiger charge is -2.25. The van der Waals surface area contributed by atoms with E-state index in [0.717, 1.165) is 43.2 Å². The Hall–Kier alpha value is -3.06. The first-order valence-corrected chi connectivity index (χ1v) is 9.46. The first-order valence-electron chi connectivity index (χ1n) is 9.46. The molecular weight excluding hydrogens is 352 g/mol. The standard InChI is InChI=1S/C21H24N6O/c1-26(2)20-14-22-13-18(25-20)19-8-4-11-27(19)15-16-6-3-7-17(12-16)28-21-23-9-5-10-24-21/h3,5-7,9-10,12-14,19H,4,8,11,15H2,1-2H3/t19-/m0/s1. The molecular formula is C21H24N6O. The summed E-state index contributed by atoms with van der Waals surface area (Å²) < 4.78 is 5.77. The fourth-order valence-corrected chi connectivity index (χ4v) is 3.48. The Labute approximate surface area is 165 Å². The van der Waals surface area contributed by atoms with E-state index >= 15 is 0 Å². The van der Waals surface area contributed by atoms with E-state index in [2.05, 4.69) is 25.9 Å². The summed E-state index contributed by atoms with van der Waals surface area (Å²) in [5.74, 6) is 1.64. The van der Waals surface area contributed by atoms with Crippen LogP contribution >= 0.6 is 0 Å². The molecule has 1 aromatic carbocycles. The smallest absolute Gasteiger partial charge is 0.321 e. The van der Waals surface area contributed by atoms with E-state index in [0.29, 0.717) is 6.01 Å². The summed E-state index contributed by atoms with van der Waals surface area (Å²) in [7, 11) is 3.98. The maximum absolute atomic E-state index is 5.77. The zero-order valence-corrected chi connectivity index (χ0v) is 16.2. The fraction of sp³-hybridized carbons (Fsp3) is 0.333. The number of anilines is 1. The topological polar surface area (TPSA) is 67.3 Å². The van der Waals surface area contributed by atoms with E-state index in [9.17, 15) is 0 Å². The maximum atomic E-state index is 5.77. The lowest BCUT2D eigenvalue weighted by atomic mass is 10.1. The third-order valence-electron chi connectivity index (χ3n) is 4.84. The second-order valence-electron chi connectivity index (χ2n) is 7.11. The van der Waals surface area contributed by atoms with E-state index in [-0.39, 0.29) is 6.04 Å². The Morgan fingerprint density at radius 2 is 2.00 bits per heavy atom. The van der Waals surface area contributed by atoms with Gasteiger partial charge in [0.1, 0.15) is 11.6 Å². The van der Waals surface area contributed by atoms with Crippen molar-refractivity contribution >= 4 is 5.82 Å². The first kappa shape index (κ1) is 18.3. The van der Waals surface area contributed by atoms with Gasteiger partial charge in [-0.1, -0.05) is 12.1 Å². The highest BCUT2D eigenvalue weighted by Crippen LogP contribution is 2.33. The molecule has 7 heteroatoms. The van der Waals surface area contributed by atoms with Gasteiger partial charge in [0.2, 0.25) is 0 Å². The molecule has 0 aliphatic carbocycles. The van der Waals surface area contributed by atoms with Gasteiger partial charge < -0.3 is 9.64 Å². The highest BCUT2D eigenvalue weighted by molar-refractivity contribution is 5.34. The predicted octanol–water partition coefficient (Wildman–Crippen LogP) is 3.46. The van der Waals surface area contributed by atoms with E-state index in [1.807, 2.05) is 43.4 Å². The van der Waals surface area contributed by atoms with Crippen LogP contribution in [0, 0.1) is 0 Å². The van der Waals surface area contributed by atoms with Gasteiger partial charge in [-0.25, -0.2) is 15.0 Å². The largest absolute Gasteiger partial charge is 0.424 e. The Balaban J connectivity index is 1.49. The molecule has 0 radical (unpaired) electrons. The van der Waals surface area contributed by atoms with Crippen molar-refractivity contribution in [3.8, 4) is 11.8 Å². The molecule has 144 valence electrons. The van der Waals surface area contributed by atoms with E-state index in [1.54, 1.807) is 24.7 Å². The molecule has 1 aliphatic heterocycles. The Kier molecular flexibility index (Phi) is 5.43. The van der Waals surface area contributed by atoms with Gasteiger partial charge in [0.25, 0.3) is 0 Å². The van der Waals surface area contributed by atoms with Gasteiger partial charge in [-0.2, -0.15) is 0 Å². The highest BCUT2D eigenvalue weighted by Gasteiger charge is 2.27. The van der Waals surface area contributed by atoms with Gasteiger partial charge in [0.15, 0.2) is 0 Å². The Morgan fingerprint density at radius 3 is 2.82 bits per heavy atom. The molecule has 2 aromatic heterocycles. The number of aromatic nitrogens is 4. The van der Waals surface area contributed by atoms with Crippen molar-refractivity contribution in [3.63, 3.8) is 0 Å². The predicted molar refractivity (Wildman–Crippen MR) is 107 cm³/mol. The van der Waals surface area contributed by atoms with Gasteiger partial charge in [-0.3, -0.25) is 9.88 Å².